The van der Waals surface area contributed by atoms with E-state index in [4.69, 9.17) is 11.6 Å². The Balaban J connectivity index is 2.01. The second kappa shape index (κ2) is 3.80. The van der Waals surface area contributed by atoms with Crippen LogP contribution in [0.5, 0.6) is 0 Å². The summed E-state index contributed by atoms with van der Waals surface area (Å²) in [5.41, 5.74) is 2.89. The van der Waals surface area contributed by atoms with Gasteiger partial charge in [0.25, 0.3) is 0 Å². The Hall–Kier alpha value is -0.530. The standard InChI is InChI=1S/C13H16ClN/c14-11-4-1-3-10(9-6-7-9)13(11)12-5-2-8-15-12/h1,3-4,9,12,15H,2,5-8H2. The Bertz CT molecular complexity index is 365. The van der Waals surface area contributed by atoms with E-state index in [1.807, 2.05) is 6.07 Å². The molecule has 1 saturated heterocycles. The van der Waals surface area contributed by atoms with E-state index in [2.05, 4.69) is 17.4 Å². The highest BCUT2D eigenvalue weighted by Crippen LogP contribution is 2.45. The number of rotatable bonds is 2. The summed E-state index contributed by atoms with van der Waals surface area (Å²) in [6.07, 6.45) is 5.21. The van der Waals surface area contributed by atoms with Crippen molar-refractivity contribution in [1.82, 2.24) is 5.32 Å². The number of hydrogen-bond donors (Lipinski definition) is 1. The van der Waals surface area contributed by atoms with E-state index in [-0.39, 0.29) is 0 Å². The monoisotopic (exact) mass is 221 g/mol. The van der Waals surface area contributed by atoms with Crippen molar-refractivity contribution in [1.29, 1.82) is 0 Å². The van der Waals surface area contributed by atoms with Crippen molar-refractivity contribution in [3.63, 3.8) is 0 Å². The Kier molecular flexibility index (Phi) is 2.45. The van der Waals surface area contributed by atoms with Gasteiger partial charge in [-0.1, -0.05) is 23.7 Å². The van der Waals surface area contributed by atoms with E-state index >= 15 is 0 Å². The number of nitrogens with one attached hydrogen (secondary N) is 1. The first-order valence-corrected chi connectivity index (χ1v) is 6.26. The fourth-order valence-corrected chi connectivity index (χ4v) is 2.92. The SMILES string of the molecule is Clc1cccc(C2CC2)c1C1CCCN1. The van der Waals surface area contributed by atoms with E-state index in [0.29, 0.717) is 6.04 Å². The van der Waals surface area contributed by atoms with Gasteiger partial charge >= 0.3 is 0 Å². The van der Waals surface area contributed by atoms with Gasteiger partial charge in [0.1, 0.15) is 0 Å². The highest BCUT2D eigenvalue weighted by molar-refractivity contribution is 6.31. The lowest BCUT2D eigenvalue weighted by Gasteiger charge is -2.17. The second-order valence-corrected chi connectivity index (χ2v) is 5.07. The summed E-state index contributed by atoms with van der Waals surface area (Å²) in [5.74, 6) is 0.793. The molecule has 2 heteroatoms. The molecule has 0 amide bonds. The molecule has 1 nitrogen and oxygen atoms in total. The Labute approximate surface area is 95.8 Å². The van der Waals surface area contributed by atoms with Crippen LogP contribution < -0.4 is 5.32 Å². The van der Waals surface area contributed by atoms with Gasteiger partial charge in [0.05, 0.1) is 0 Å². The number of benzene rings is 1. The molecular weight excluding hydrogens is 206 g/mol. The number of halogens is 1. The highest BCUT2D eigenvalue weighted by atomic mass is 35.5. The largest absolute Gasteiger partial charge is 0.310 e. The lowest BCUT2D eigenvalue weighted by molar-refractivity contribution is 0.640. The molecule has 1 aliphatic heterocycles. The summed E-state index contributed by atoms with van der Waals surface area (Å²) in [6, 6.07) is 6.89. The van der Waals surface area contributed by atoms with Crippen molar-refractivity contribution in [3.8, 4) is 0 Å². The molecule has 1 heterocycles. The molecule has 80 valence electrons. The van der Waals surface area contributed by atoms with Gasteiger partial charge in [-0.2, -0.15) is 0 Å². The van der Waals surface area contributed by atoms with Gasteiger partial charge < -0.3 is 5.32 Å². The molecule has 1 aromatic carbocycles. The first kappa shape index (κ1) is 9.68. The third kappa shape index (κ3) is 1.79. The topological polar surface area (TPSA) is 12.0 Å². The van der Waals surface area contributed by atoms with Gasteiger partial charge in [0.2, 0.25) is 0 Å². The summed E-state index contributed by atoms with van der Waals surface area (Å²) in [4.78, 5) is 0. The molecule has 0 radical (unpaired) electrons. The van der Waals surface area contributed by atoms with Crippen LogP contribution in [0.3, 0.4) is 0 Å². The van der Waals surface area contributed by atoms with Crippen LogP contribution in [0.25, 0.3) is 0 Å². The van der Waals surface area contributed by atoms with Crippen molar-refractivity contribution in [2.75, 3.05) is 6.54 Å². The maximum absolute atomic E-state index is 6.34. The lowest BCUT2D eigenvalue weighted by atomic mass is 9.96. The molecule has 0 bridgehead atoms. The van der Waals surface area contributed by atoms with Gasteiger partial charge in [-0.3, -0.25) is 0 Å². The Morgan fingerprint density at radius 2 is 2.07 bits per heavy atom. The second-order valence-electron chi connectivity index (χ2n) is 4.67. The van der Waals surface area contributed by atoms with Crippen LogP contribution in [0.15, 0.2) is 18.2 Å². The first-order valence-electron chi connectivity index (χ1n) is 5.88. The van der Waals surface area contributed by atoms with Gasteiger partial charge in [0, 0.05) is 11.1 Å². The molecule has 0 aromatic heterocycles. The predicted octanol–water partition coefficient (Wildman–Crippen LogP) is 3.64. The molecule has 1 N–H and O–H groups in total. The minimum atomic E-state index is 0.509. The zero-order valence-corrected chi connectivity index (χ0v) is 9.56. The van der Waals surface area contributed by atoms with Crippen molar-refractivity contribution in [3.05, 3.63) is 34.3 Å². The van der Waals surface area contributed by atoms with Gasteiger partial charge in [0.15, 0.2) is 0 Å². The van der Waals surface area contributed by atoms with Crippen molar-refractivity contribution < 1.29 is 0 Å². The molecule has 3 rings (SSSR count). The quantitative estimate of drug-likeness (QED) is 0.804. The van der Waals surface area contributed by atoms with Gasteiger partial charge in [-0.25, -0.2) is 0 Å². The number of hydrogen-bond acceptors (Lipinski definition) is 1. The van der Waals surface area contributed by atoms with E-state index in [1.54, 1.807) is 0 Å². The molecule has 1 aromatic rings. The molecule has 1 atom stereocenters. The van der Waals surface area contributed by atoms with E-state index in [1.165, 1.54) is 36.8 Å². The van der Waals surface area contributed by atoms with Gasteiger partial charge in [-0.15, -0.1) is 0 Å². The van der Waals surface area contributed by atoms with Gasteiger partial charge in [-0.05, 0) is 55.3 Å². The van der Waals surface area contributed by atoms with Crippen LogP contribution >= 0.6 is 11.6 Å². The normalized spacial score (nSPS) is 25.8. The molecule has 2 aliphatic rings. The van der Waals surface area contributed by atoms with Crippen LogP contribution in [-0.2, 0) is 0 Å². The highest BCUT2D eigenvalue weighted by Gasteiger charge is 2.30. The maximum atomic E-state index is 6.34. The Morgan fingerprint density at radius 3 is 2.73 bits per heavy atom. The molecule has 2 fully saturated rings. The molecule has 0 spiro atoms. The summed E-state index contributed by atoms with van der Waals surface area (Å²) in [6.45, 7) is 1.14. The van der Waals surface area contributed by atoms with Crippen LogP contribution in [0.4, 0.5) is 0 Å². The zero-order chi connectivity index (χ0) is 10.3. The fraction of sp³-hybridized carbons (Fsp3) is 0.538. The van der Waals surface area contributed by atoms with Crippen LogP contribution in [0.1, 0.15) is 48.8 Å². The van der Waals surface area contributed by atoms with Crippen molar-refractivity contribution >= 4 is 11.6 Å². The van der Waals surface area contributed by atoms with E-state index in [0.717, 1.165) is 17.5 Å². The smallest absolute Gasteiger partial charge is 0.0456 e. The lowest BCUT2D eigenvalue weighted by Crippen LogP contribution is -2.15. The first-order chi connectivity index (χ1) is 7.36. The molecule has 1 saturated carbocycles. The minimum Gasteiger partial charge on any atom is -0.310 e. The van der Waals surface area contributed by atoms with E-state index < -0.39 is 0 Å². The molecule has 15 heavy (non-hydrogen) atoms. The average molecular weight is 222 g/mol. The summed E-state index contributed by atoms with van der Waals surface area (Å²) in [5, 5.41) is 4.51. The maximum Gasteiger partial charge on any atom is 0.0456 e. The third-order valence-corrected chi connectivity index (χ3v) is 3.84. The summed E-state index contributed by atoms with van der Waals surface area (Å²) in [7, 11) is 0. The van der Waals surface area contributed by atoms with Crippen molar-refractivity contribution in [2.45, 2.75) is 37.6 Å². The zero-order valence-electron chi connectivity index (χ0n) is 8.80. The van der Waals surface area contributed by atoms with Crippen LogP contribution in [-0.4, -0.2) is 6.54 Å². The fourth-order valence-electron chi connectivity index (χ4n) is 2.60. The predicted molar refractivity (Wildman–Crippen MR) is 63.4 cm³/mol. The van der Waals surface area contributed by atoms with Crippen LogP contribution in [0, 0.1) is 0 Å². The summed E-state index contributed by atoms with van der Waals surface area (Å²) < 4.78 is 0. The minimum absolute atomic E-state index is 0.509. The Morgan fingerprint density at radius 1 is 1.20 bits per heavy atom. The van der Waals surface area contributed by atoms with Crippen molar-refractivity contribution in [2.24, 2.45) is 0 Å². The summed E-state index contributed by atoms with van der Waals surface area (Å²) >= 11 is 6.34. The average Bonchev–Trinajstić information content (AvgIpc) is 2.95. The van der Waals surface area contributed by atoms with E-state index in [9.17, 15) is 0 Å². The molecule has 1 aliphatic carbocycles. The third-order valence-electron chi connectivity index (χ3n) is 3.51. The van der Waals surface area contributed by atoms with Crippen LogP contribution in [0.2, 0.25) is 5.02 Å². The molecule has 1 unspecified atom stereocenters. The molecular formula is C13H16ClN.